The fourth-order valence-corrected chi connectivity index (χ4v) is 11.6. The number of ether oxygens (including phenoxy) is 4. The highest BCUT2D eigenvalue weighted by molar-refractivity contribution is 7.47. The number of esters is 4. The topological polar surface area (TPSA) is 237 Å². The molecule has 0 aromatic carbocycles. The van der Waals surface area contributed by atoms with Gasteiger partial charge in [-0.25, -0.2) is 9.13 Å². The van der Waals surface area contributed by atoms with Crippen molar-refractivity contribution in [3.63, 3.8) is 0 Å². The Morgan fingerprint density at radius 3 is 0.791 bits per heavy atom. The molecule has 0 fully saturated rings. The number of rotatable bonds is 65. The second-order valence-corrected chi connectivity index (χ2v) is 28.5. The van der Waals surface area contributed by atoms with E-state index in [9.17, 15) is 43.2 Å². The molecule has 0 amide bonds. The van der Waals surface area contributed by atoms with Crippen LogP contribution in [0.5, 0.6) is 0 Å². The summed E-state index contributed by atoms with van der Waals surface area (Å²) in [7, 11) is -9.89. The number of hydrogen-bond acceptors (Lipinski definition) is 15. The van der Waals surface area contributed by atoms with Crippen LogP contribution in [-0.2, 0) is 65.4 Å². The summed E-state index contributed by atoms with van der Waals surface area (Å²) in [6.45, 7) is 11.8. The molecule has 0 bridgehead atoms. The van der Waals surface area contributed by atoms with E-state index in [4.69, 9.17) is 37.0 Å². The van der Waals surface area contributed by atoms with Gasteiger partial charge >= 0.3 is 39.5 Å². The van der Waals surface area contributed by atoms with Gasteiger partial charge in [-0.3, -0.25) is 37.3 Å². The molecular weight excluding hydrogens is 1140 g/mol. The SMILES string of the molecule is CCCCCCCCCC(=O)OC[C@H](COP(=O)(O)OC[C@H](O)COP(=O)(O)OC[C@@H](COC(=O)CCCCCCCCCCCCC(C)C)OC(=O)CCCCCCCCCCCCC(C)C)OC(=O)CCCCCCCCCCCCC(C)C. The normalized spacial score (nSPS) is 14.3. The molecule has 86 heavy (non-hydrogen) atoms. The number of aliphatic hydroxyl groups is 1. The Balaban J connectivity index is 5.22. The van der Waals surface area contributed by atoms with Crippen molar-refractivity contribution in [3.8, 4) is 0 Å². The van der Waals surface area contributed by atoms with Crippen molar-refractivity contribution in [3.05, 3.63) is 0 Å². The zero-order valence-electron chi connectivity index (χ0n) is 55.8. The number of aliphatic hydroxyl groups excluding tert-OH is 1. The van der Waals surface area contributed by atoms with Gasteiger partial charge in [0.25, 0.3) is 0 Å². The Bertz CT molecular complexity index is 1700. The first kappa shape index (κ1) is 84.1. The number of unbranched alkanes of at least 4 members (excludes halogenated alkanes) is 33. The van der Waals surface area contributed by atoms with Gasteiger partial charge in [-0.2, -0.15) is 0 Å². The molecule has 0 aliphatic rings. The molecule has 0 aliphatic heterocycles. The van der Waals surface area contributed by atoms with Crippen LogP contribution in [0.25, 0.3) is 0 Å². The minimum Gasteiger partial charge on any atom is -0.462 e. The third kappa shape index (κ3) is 60.9. The lowest BCUT2D eigenvalue weighted by Gasteiger charge is -2.21. The molecule has 0 radical (unpaired) electrons. The molecule has 17 nitrogen and oxygen atoms in total. The lowest BCUT2D eigenvalue weighted by Crippen LogP contribution is -2.30. The Hall–Kier alpha value is -1.94. The lowest BCUT2D eigenvalue weighted by atomic mass is 10.0. The van der Waals surface area contributed by atoms with E-state index >= 15 is 0 Å². The predicted molar refractivity (Wildman–Crippen MR) is 344 cm³/mol. The molecule has 0 aromatic heterocycles. The van der Waals surface area contributed by atoms with Crippen LogP contribution < -0.4 is 0 Å². The zero-order chi connectivity index (χ0) is 63.8. The summed E-state index contributed by atoms with van der Waals surface area (Å²) in [5.41, 5.74) is 0. The average molecular weight is 1270 g/mol. The molecule has 0 saturated carbocycles. The first-order valence-corrected chi connectivity index (χ1v) is 37.8. The van der Waals surface area contributed by atoms with Crippen molar-refractivity contribution in [1.82, 2.24) is 0 Å². The van der Waals surface area contributed by atoms with Crippen LogP contribution in [0.15, 0.2) is 0 Å². The lowest BCUT2D eigenvalue weighted by molar-refractivity contribution is -0.161. The number of phosphoric ester groups is 2. The maximum atomic E-state index is 13.0. The van der Waals surface area contributed by atoms with Gasteiger partial charge in [0, 0.05) is 25.7 Å². The van der Waals surface area contributed by atoms with Gasteiger partial charge in [0.2, 0.25) is 0 Å². The van der Waals surface area contributed by atoms with Gasteiger partial charge in [0.1, 0.15) is 19.3 Å². The van der Waals surface area contributed by atoms with E-state index in [1.54, 1.807) is 0 Å². The van der Waals surface area contributed by atoms with Crippen molar-refractivity contribution < 1.29 is 80.2 Å². The van der Waals surface area contributed by atoms with Crippen molar-refractivity contribution in [2.75, 3.05) is 39.6 Å². The first-order chi connectivity index (χ1) is 41.2. The second-order valence-electron chi connectivity index (χ2n) is 25.6. The molecule has 2 unspecified atom stereocenters. The van der Waals surface area contributed by atoms with Crippen LogP contribution in [0.2, 0.25) is 0 Å². The van der Waals surface area contributed by atoms with Crippen LogP contribution in [0, 0.1) is 17.8 Å². The zero-order valence-corrected chi connectivity index (χ0v) is 57.6. The molecule has 5 atom stereocenters. The summed E-state index contributed by atoms with van der Waals surface area (Å²) in [5, 5.41) is 10.6. The number of carbonyl (C=O) groups is 4. The molecule has 0 heterocycles. The van der Waals surface area contributed by atoms with Gasteiger partial charge < -0.3 is 33.8 Å². The Morgan fingerprint density at radius 1 is 0.314 bits per heavy atom. The standard InChI is InChI=1S/C67H130O17P2/c1-8-9-10-11-24-34-41-48-64(69)77-54-62(83-66(71)50-43-36-29-22-16-13-19-26-32-39-46-59(4)5)56-81-85(73,74)79-52-61(68)53-80-86(75,76)82-57-63(84-67(72)51-44-37-30-23-17-14-20-27-33-40-47-60(6)7)55-78-65(70)49-42-35-28-21-15-12-18-25-31-38-45-58(2)3/h58-63,68H,8-57H2,1-7H3,(H,73,74)(H,75,76)/t61-,62+,63+/m0/s1. The highest BCUT2D eigenvalue weighted by Gasteiger charge is 2.30. The Morgan fingerprint density at radius 2 is 0.535 bits per heavy atom. The third-order valence-electron chi connectivity index (χ3n) is 15.4. The van der Waals surface area contributed by atoms with Gasteiger partial charge in [-0.15, -0.1) is 0 Å². The molecule has 0 saturated heterocycles. The van der Waals surface area contributed by atoms with Crippen LogP contribution in [0.1, 0.15) is 331 Å². The fraction of sp³-hybridized carbons (Fsp3) is 0.940. The van der Waals surface area contributed by atoms with Gasteiger partial charge in [0.15, 0.2) is 12.2 Å². The summed E-state index contributed by atoms with van der Waals surface area (Å²) >= 11 is 0. The van der Waals surface area contributed by atoms with Crippen LogP contribution in [0.4, 0.5) is 0 Å². The maximum absolute atomic E-state index is 13.0. The maximum Gasteiger partial charge on any atom is 0.472 e. The van der Waals surface area contributed by atoms with Crippen LogP contribution >= 0.6 is 15.6 Å². The smallest absolute Gasteiger partial charge is 0.462 e. The second kappa shape index (κ2) is 58.2. The highest BCUT2D eigenvalue weighted by Crippen LogP contribution is 2.45. The van der Waals surface area contributed by atoms with E-state index in [1.165, 1.54) is 128 Å². The number of hydrogen-bond donors (Lipinski definition) is 3. The highest BCUT2D eigenvalue weighted by atomic mass is 31.2. The first-order valence-electron chi connectivity index (χ1n) is 34.8. The largest absolute Gasteiger partial charge is 0.472 e. The Kier molecular flexibility index (Phi) is 56.9. The number of carbonyl (C=O) groups excluding carboxylic acids is 4. The van der Waals surface area contributed by atoms with Crippen molar-refractivity contribution >= 4 is 39.5 Å². The average Bonchev–Trinajstić information content (AvgIpc) is 3.60. The minimum absolute atomic E-state index is 0.105. The van der Waals surface area contributed by atoms with E-state index in [0.717, 1.165) is 120 Å². The van der Waals surface area contributed by atoms with E-state index in [2.05, 4.69) is 48.5 Å². The van der Waals surface area contributed by atoms with Gasteiger partial charge in [-0.05, 0) is 43.4 Å². The summed E-state index contributed by atoms with van der Waals surface area (Å²) in [6, 6.07) is 0. The van der Waals surface area contributed by atoms with E-state index in [-0.39, 0.29) is 25.7 Å². The molecule has 0 aromatic rings. The van der Waals surface area contributed by atoms with Crippen molar-refractivity contribution in [1.29, 1.82) is 0 Å². The van der Waals surface area contributed by atoms with Gasteiger partial charge in [-0.1, -0.05) is 280 Å². The minimum atomic E-state index is -4.95. The summed E-state index contributed by atoms with van der Waals surface area (Å²) < 4.78 is 68.1. The summed E-state index contributed by atoms with van der Waals surface area (Å²) in [5.74, 6) is 0.128. The van der Waals surface area contributed by atoms with Crippen molar-refractivity contribution in [2.24, 2.45) is 17.8 Å². The quantitative estimate of drug-likeness (QED) is 0.0222. The molecule has 0 aliphatic carbocycles. The summed E-state index contributed by atoms with van der Waals surface area (Å²) in [4.78, 5) is 72.3. The van der Waals surface area contributed by atoms with Crippen LogP contribution in [0.3, 0.4) is 0 Å². The number of phosphoric acid groups is 2. The van der Waals surface area contributed by atoms with E-state index < -0.39 is 97.5 Å². The molecular formula is C67H130O17P2. The monoisotopic (exact) mass is 1270 g/mol. The van der Waals surface area contributed by atoms with Crippen LogP contribution in [-0.4, -0.2) is 96.7 Å². The van der Waals surface area contributed by atoms with Gasteiger partial charge in [0.05, 0.1) is 26.4 Å². The molecule has 0 spiro atoms. The molecule has 510 valence electrons. The fourth-order valence-electron chi connectivity index (χ4n) is 10.0. The Labute approximate surface area is 524 Å². The third-order valence-corrected chi connectivity index (χ3v) is 17.3. The van der Waals surface area contributed by atoms with E-state index in [0.29, 0.717) is 25.7 Å². The molecule has 0 rings (SSSR count). The van der Waals surface area contributed by atoms with E-state index in [1.807, 2.05) is 0 Å². The molecule has 19 heteroatoms. The summed E-state index contributed by atoms with van der Waals surface area (Å²) in [6.07, 6.45) is 40.4. The molecule has 3 N–H and O–H groups in total. The predicted octanol–water partition coefficient (Wildman–Crippen LogP) is 18.7. The van der Waals surface area contributed by atoms with Crippen molar-refractivity contribution in [2.45, 2.75) is 349 Å².